The summed E-state index contributed by atoms with van der Waals surface area (Å²) in [6.07, 6.45) is 3.09. The molecule has 4 nitrogen and oxygen atoms in total. The molecule has 22 heavy (non-hydrogen) atoms. The number of amides is 1. The molecule has 0 aliphatic carbocycles. The Kier molecular flexibility index (Phi) is 3.78. The van der Waals surface area contributed by atoms with E-state index in [2.05, 4.69) is 5.32 Å². The number of benzene rings is 2. The Morgan fingerprint density at radius 3 is 2.82 bits per heavy atom. The number of hydrogen-bond acceptors (Lipinski definition) is 3. The molecule has 0 fully saturated rings. The van der Waals surface area contributed by atoms with Crippen LogP contribution in [-0.4, -0.2) is 12.7 Å². The first-order valence-corrected chi connectivity index (χ1v) is 6.77. The third kappa shape index (κ3) is 3.09. The van der Waals surface area contributed by atoms with Gasteiger partial charge in [0.05, 0.1) is 0 Å². The van der Waals surface area contributed by atoms with Crippen molar-refractivity contribution in [3.8, 4) is 11.5 Å². The van der Waals surface area contributed by atoms with Crippen molar-refractivity contribution in [3.63, 3.8) is 0 Å². The zero-order chi connectivity index (χ0) is 15.5. The number of aryl methyl sites for hydroxylation is 1. The van der Waals surface area contributed by atoms with Crippen LogP contribution in [0.25, 0.3) is 6.08 Å². The van der Waals surface area contributed by atoms with Gasteiger partial charge < -0.3 is 14.8 Å². The van der Waals surface area contributed by atoms with E-state index >= 15 is 0 Å². The van der Waals surface area contributed by atoms with Gasteiger partial charge in [-0.15, -0.1) is 0 Å². The van der Waals surface area contributed by atoms with E-state index in [4.69, 9.17) is 9.47 Å². The Hall–Kier alpha value is -2.82. The van der Waals surface area contributed by atoms with E-state index in [1.165, 1.54) is 24.3 Å². The van der Waals surface area contributed by atoms with Crippen LogP contribution in [0, 0.1) is 12.7 Å². The number of carbonyl (C=O) groups is 1. The Bertz CT molecular complexity index is 756. The van der Waals surface area contributed by atoms with E-state index in [1.807, 2.05) is 6.07 Å². The fourth-order valence-electron chi connectivity index (χ4n) is 2.13. The normalized spacial score (nSPS) is 12.6. The lowest BCUT2D eigenvalue weighted by atomic mass is 10.1. The maximum atomic E-state index is 13.0. The van der Waals surface area contributed by atoms with Crippen LogP contribution in [0.3, 0.4) is 0 Å². The van der Waals surface area contributed by atoms with E-state index in [9.17, 15) is 9.18 Å². The van der Waals surface area contributed by atoms with Crippen molar-refractivity contribution in [3.05, 3.63) is 59.4 Å². The van der Waals surface area contributed by atoms with E-state index in [0.717, 1.165) is 5.56 Å². The number of hydrogen-bond donors (Lipinski definition) is 1. The zero-order valence-corrected chi connectivity index (χ0v) is 11.9. The van der Waals surface area contributed by atoms with Gasteiger partial charge in [0.1, 0.15) is 5.82 Å². The smallest absolute Gasteiger partial charge is 0.248 e. The van der Waals surface area contributed by atoms with Crippen molar-refractivity contribution < 1.29 is 18.7 Å². The summed E-state index contributed by atoms with van der Waals surface area (Å²) >= 11 is 0. The molecular weight excluding hydrogens is 285 g/mol. The number of anilines is 1. The van der Waals surface area contributed by atoms with Crippen molar-refractivity contribution >= 4 is 17.7 Å². The van der Waals surface area contributed by atoms with E-state index in [1.54, 1.807) is 25.1 Å². The van der Waals surface area contributed by atoms with Crippen molar-refractivity contribution in [1.29, 1.82) is 0 Å². The lowest BCUT2D eigenvalue weighted by molar-refractivity contribution is -0.111. The van der Waals surface area contributed by atoms with Gasteiger partial charge >= 0.3 is 0 Å². The Balaban J connectivity index is 1.68. The third-order valence-electron chi connectivity index (χ3n) is 3.27. The number of rotatable bonds is 3. The van der Waals surface area contributed by atoms with E-state index in [-0.39, 0.29) is 18.5 Å². The topological polar surface area (TPSA) is 47.6 Å². The molecule has 2 aromatic carbocycles. The largest absolute Gasteiger partial charge is 0.454 e. The summed E-state index contributed by atoms with van der Waals surface area (Å²) in [6.45, 7) is 1.95. The highest BCUT2D eigenvalue weighted by Gasteiger charge is 2.12. The third-order valence-corrected chi connectivity index (χ3v) is 3.27. The van der Waals surface area contributed by atoms with Gasteiger partial charge in [-0.1, -0.05) is 6.07 Å². The summed E-state index contributed by atoms with van der Waals surface area (Å²) in [5, 5.41) is 2.71. The highest BCUT2D eigenvalue weighted by Crippen LogP contribution is 2.32. The first kappa shape index (κ1) is 14.1. The minimum Gasteiger partial charge on any atom is -0.454 e. The fraction of sp³-hybridized carbons (Fsp3) is 0.118. The Morgan fingerprint density at radius 1 is 1.18 bits per heavy atom. The molecule has 0 saturated carbocycles. The molecule has 0 unspecified atom stereocenters. The number of carbonyl (C=O) groups excluding carboxylic acids is 1. The zero-order valence-electron chi connectivity index (χ0n) is 11.9. The molecule has 1 aliphatic heterocycles. The molecule has 1 N–H and O–H groups in total. The van der Waals surface area contributed by atoms with Crippen molar-refractivity contribution in [2.45, 2.75) is 6.92 Å². The molecule has 0 bridgehead atoms. The quantitative estimate of drug-likeness (QED) is 0.882. The molecule has 1 aliphatic rings. The molecular formula is C17H14FNO3. The van der Waals surface area contributed by atoms with Gasteiger partial charge in [-0.25, -0.2) is 4.39 Å². The average molecular weight is 299 g/mol. The molecule has 5 heteroatoms. The highest BCUT2D eigenvalue weighted by molar-refractivity contribution is 6.02. The van der Waals surface area contributed by atoms with Crippen molar-refractivity contribution in [2.24, 2.45) is 0 Å². The van der Waals surface area contributed by atoms with Crippen LogP contribution in [0.2, 0.25) is 0 Å². The molecule has 3 rings (SSSR count). The molecule has 0 saturated heterocycles. The maximum Gasteiger partial charge on any atom is 0.248 e. The molecule has 112 valence electrons. The summed E-state index contributed by atoms with van der Waals surface area (Å²) in [6, 6.07) is 9.65. The number of fused-ring (bicyclic) bond motifs is 1. The van der Waals surface area contributed by atoms with E-state index in [0.29, 0.717) is 22.7 Å². The second kappa shape index (κ2) is 5.89. The van der Waals surface area contributed by atoms with Crippen LogP contribution in [0.1, 0.15) is 11.1 Å². The van der Waals surface area contributed by atoms with Gasteiger partial charge in [0.25, 0.3) is 0 Å². The molecule has 1 heterocycles. The monoisotopic (exact) mass is 299 g/mol. The lowest BCUT2D eigenvalue weighted by Crippen LogP contribution is -2.09. The summed E-state index contributed by atoms with van der Waals surface area (Å²) in [5.41, 5.74) is 2.08. The summed E-state index contributed by atoms with van der Waals surface area (Å²) < 4.78 is 23.5. The summed E-state index contributed by atoms with van der Waals surface area (Å²) in [4.78, 5) is 11.9. The minimum atomic E-state index is -0.327. The molecule has 0 spiro atoms. The number of ether oxygens (including phenoxy) is 2. The summed E-state index contributed by atoms with van der Waals surface area (Å²) in [5.74, 6) is 0.749. The predicted molar refractivity (Wildman–Crippen MR) is 81.4 cm³/mol. The highest BCUT2D eigenvalue weighted by atomic mass is 19.1. The van der Waals surface area contributed by atoms with Crippen LogP contribution < -0.4 is 14.8 Å². The number of halogens is 1. The second-order valence-electron chi connectivity index (χ2n) is 4.89. The predicted octanol–water partition coefficient (Wildman–Crippen LogP) is 3.51. The standard InChI is InChI=1S/C17H14FNO3/c1-11-8-13(18)4-5-14(11)19-17(20)7-3-12-2-6-15-16(9-12)22-10-21-15/h2-9H,10H2,1H3,(H,19,20)/b7-3+. The minimum absolute atomic E-state index is 0.215. The Labute approximate surface area is 127 Å². The molecule has 2 aromatic rings. The molecule has 0 atom stereocenters. The molecule has 1 amide bonds. The van der Waals surface area contributed by atoms with Crippen LogP contribution in [-0.2, 0) is 4.79 Å². The van der Waals surface area contributed by atoms with Crippen LogP contribution >= 0.6 is 0 Å². The van der Waals surface area contributed by atoms with Gasteiger partial charge in [0.2, 0.25) is 12.7 Å². The van der Waals surface area contributed by atoms with Gasteiger partial charge in [-0.05, 0) is 54.5 Å². The summed E-state index contributed by atoms with van der Waals surface area (Å²) in [7, 11) is 0. The SMILES string of the molecule is Cc1cc(F)ccc1NC(=O)/C=C/c1ccc2c(c1)OCO2. The Morgan fingerprint density at radius 2 is 2.00 bits per heavy atom. The van der Waals surface area contributed by atoms with E-state index < -0.39 is 0 Å². The fourth-order valence-corrected chi connectivity index (χ4v) is 2.13. The van der Waals surface area contributed by atoms with Gasteiger partial charge in [0, 0.05) is 11.8 Å². The second-order valence-corrected chi connectivity index (χ2v) is 4.89. The van der Waals surface area contributed by atoms with Crippen LogP contribution in [0.15, 0.2) is 42.5 Å². The van der Waals surface area contributed by atoms with Crippen molar-refractivity contribution in [2.75, 3.05) is 12.1 Å². The van der Waals surface area contributed by atoms with Crippen LogP contribution in [0.4, 0.5) is 10.1 Å². The van der Waals surface area contributed by atoms with Crippen molar-refractivity contribution in [1.82, 2.24) is 0 Å². The average Bonchev–Trinajstić information content (AvgIpc) is 2.95. The van der Waals surface area contributed by atoms with Gasteiger partial charge in [-0.2, -0.15) is 0 Å². The maximum absolute atomic E-state index is 13.0. The first-order chi connectivity index (χ1) is 10.6. The lowest BCUT2D eigenvalue weighted by Gasteiger charge is -2.06. The van der Waals surface area contributed by atoms with Gasteiger partial charge in [-0.3, -0.25) is 4.79 Å². The molecule has 0 aromatic heterocycles. The van der Waals surface area contributed by atoms with Gasteiger partial charge in [0.15, 0.2) is 11.5 Å². The molecule has 0 radical (unpaired) electrons. The first-order valence-electron chi connectivity index (χ1n) is 6.77. The number of nitrogens with one attached hydrogen (secondary N) is 1. The van der Waals surface area contributed by atoms with Crippen LogP contribution in [0.5, 0.6) is 11.5 Å².